The highest BCUT2D eigenvalue weighted by atomic mass is 32.1. The van der Waals surface area contributed by atoms with E-state index < -0.39 is 0 Å². The molecular weight excluding hydrogens is 234 g/mol. The van der Waals surface area contributed by atoms with E-state index in [0.717, 1.165) is 24.8 Å². The molecule has 1 aliphatic carbocycles. The van der Waals surface area contributed by atoms with Crippen LogP contribution in [-0.2, 0) is 11.2 Å². The van der Waals surface area contributed by atoms with E-state index in [1.165, 1.54) is 16.2 Å². The zero-order valence-electron chi connectivity index (χ0n) is 9.79. The fourth-order valence-electron chi connectivity index (χ4n) is 2.32. The van der Waals surface area contributed by atoms with Crippen molar-refractivity contribution in [2.24, 2.45) is 0 Å². The molecule has 0 spiro atoms. The number of fused-ring (bicyclic) bond motifs is 1. The number of anilines is 1. The van der Waals surface area contributed by atoms with Crippen LogP contribution in [0, 0.1) is 12.3 Å². The van der Waals surface area contributed by atoms with Crippen LogP contribution in [0.1, 0.15) is 46.5 Å². The molecule has 0 aromatic carbocycles. The molecular formula is C13H15NO2S. The van der Waals surface area contributed by atoms with E-state index in [0.29, 0.717) is 16.5 Å². The number of hydrogen-bond acceptors (Lipinski definition) is 4. The number of terminal acetylenes is 1. The highest BCUT2D eigenvalue weighted by Crippen LogP contribution is 2.42. The summed E-state index contributed by atoms with van der Waals surface area (Å²) in [6, 6.07) is 0. The molecule has 0 fully saturated rings. The van der Waals surface area contributed by atoms with Crippen molar-refractivity contribution in [3.8, 4) is 12.3 Å². The van der Waals surface area contributed by atoms with Crippen LogP contribution in [0.3, 0.4) is 0 Å². The lowest BCUT2D eigenvalue weighted by atomic mass is 9.86. The number of carbonyl (C=O) groups is 1. The van der Waals surface area contributed by atoms with Crippen LogP contribution in [0.25, 0.3) is 0 Å². The topological polar surface area (TPSA) is 52.3 Å². The number of nitrogens with two attached hydrogens (primary N) is 1. The zero-order chi connectivity index (χ0) is 12.4. The van der Waals surface area contributed by atoms with Gasteiger partial charge in [-0.05, 0) is 30.7 Å². The molecule has 3 nitrogen and oxygen atoms in total. The number of nitrogen functional groups attached to an aromatic ring is 1. The summed E-state index contributed by atoms with van der Waals surface area (Å²) in [7, 11) is 0. The zero-order valence-corrected chi connectivity index (χ0v) is 10.6. The fraction of sp³-hybridized carbons (Fsp3) is 0.462. The van der Waals surface area contributed by atoms with E-state index in [4.69, 9.17) is 16.9 Å². The van der Waals surface area contributed by atoms with Gasteiger partial charge in [-0.3, -0.25) is 0 Å². The Morgan fingerprint density at radius 3 is 3.18 bits per heavy atom. The van der Waals surface area contributed by atoms with Gasteiger partial charge in [0.25, 0.3) is 0 Å². The average Bonchev–Trinajstić information content (AvgIpc) is 2.64. The van der Waals surface area contributed by atoms with Gasteiger partial charge in [0.05, 0.1) is 5.56 Å². The van der Waals surface area contributed by atoms with E-state index in [1.807, 2.05) is 0 Å². The second kappa shape index (κ2) is 4.80. The third-order valence-electron chi connectivity index (χ3n) is 3.07. The maximum absolute atomic E-state index is 11.9. The van der Waals surface area contributed by atoms with E-state index in [-0.39, 0.29) is 12.6 Å². The van der Waals surface area contributed by atoms with Crippen molar-refractivity contribution in [1.29, 1.82) is 0 Å². The molecule has 2 rings (SSSR count). The Bertz CT molecular complexity index is 484. The molecule has 0 amide bonds. The van der Waals surface area contributed by atoms with Crippen molar-refractivity contribution in [2.75, 3.05) is 12.3 Å². The Hall–Kier alpha value is -1.47. The molecule has 1 heterocycles. The molecule has 1 aliphatic rings. The molecule has 0 radical (unpaired) electrons. The fourth-order valence-corrected chi connectivity index (χ4v) is 3.54. The lowest BCUT2D eigenvalue weighted by Crippen LogP contribution is -2.13. The smallest absolute Gasteiger partial charge is 0.342 e. The second-order valence-corrected chi connectivity index (χ2v) is 5.39. The lowest BCUT2D eigenvalue weighted by Gasteiger charge is -2.19. The first-order chi connectivity index (χ1) is 8.15. The van der Waals surface area contributed by atoms with E-state index in [1.54, 1.807) is 0 Å². The number of esters is 1. The molecule has 0 bridgehead atoms. The monoisotopic (exact) mass is 249 g/mol. The average molecular weight is 249 g/mol. The van der Waals surface area contributed by atoms with Crippen LogP contribution in [0.5, 0.6) is 0 Å². The van der Waals surface area contributed by atoms with Crippen molar-refractivity contribution >= 4 is 22.3 Å². The van der Waals surface area contributed by atoms with Gasteiger partial charge in [-0.2, -0.15) is 0 Å². The lowest BCUT2D eigenvalue weighted by molar-refractivity contribution is 0.0556. The maximum atomic E-state index is 11.9. The molecule has 1 atom stereocenters. The SMILES string of the molecule is C#CCOC(=O)c1c(N)sc2c1C(C)CCC2. The molecule has 90 valence electrons. The summed E-state index contributed by atoms with van der Waals surface area (Å²) < 4.78 is 4.98. The first kappa shape index (κ1) is 12.0. The van der Waals surface area contributed by atoms with Crippen LogP contribution in [-0.4, -0.2) is 12.6 Å². The van der Waals surface area contributed by atoms with Crippen molar-refractivity contribution in [1.82, 2.24) is 0 Å². The van der Waals surface area contributed by atoms with E-state index in [9.17, 15) is 4.79 Å². The number of carbonyl (C=O) groups excluding carboxylic acids is 1. The highest BCUT2D eigenvalue weighted by Gasteiger charge is 2.28. The summed E-state index contributed by atoms with van der Waals surface area (Å²) in [4.78, 5) is 13.1. The maximum Gasteiger partial charge on any atom is 0.342 e. The van der Waals surface area contributed by atoms with Gasteiger partial charge in [-0.25, -0.2) is 4.79 Å². The Kier molecular flexibility index (Phi) is 3.39. The molecule has 2 N–H and O–H groups in total. The van der Waals surface area contributed by atoms with E-state index >= 15 is 0 Å². The Labute approximate surface area is 105 Å². The van der Waals surface area contributed by atoms with Crippen molar-refractivity contribution in [2.45, 2.75) is 32.1 Å². The molecule has 1 aromatic heterocycles. The van der Waals surface area contributed by atoms with Gasteiger partial charge in [0, 0.05) is 4.88 Å². The Morgan fingerprint density at radius 1 is 1.71 bits per heavy atom. The van der Waals surface area contributed by atoms with Gasteiger partial charge < -0.3 is 10.5 Å². The summed E-state index contributed by atoms with van der Waals surface area (Å²) in [6.07, 6.45) is 8.34. The van der Waals surface area contributed by atoms with Crippen LogP contribution in [0.4, 0.5) is 5.00 Å². The van der Waals surface area contributed by atoms with Crippen LogP contribution in [0.15, 0.2) is 0 Å². The Morgan fingerprint density at radius 2 is 2.47 bits per heavy atom. The third-order valence-corrected chi connectivity index (χ3v) is 4.17. The number of thiophene rings is 1. The first-order valence-electron chi connectivity index (χ1n) is 5.66. The van der Waals surface area contributed by atoms with Gasteiger partial charge >= 0.3 is 5.97 Å². The number of aryl methyl sites for hydroxylation is 1. The minimum atomic E-state index is -0.383. The quantitative estimate of drug-likeness (QED) is 0.647. The minimum Gasteiger partial charge on any atom is -0.449 e. The first-order valence-corrected chi connectivity index (χ1v) is 6.48. The summed E-state index contributed by atoms with van der Waals surface area (Å²) >= 11 is 1.51. The van der Waals surface area contributed by atoms with Crippen molar-refractivity contribution in [3.05, 3.63) is 16.0 Å². The van der Waals surface area contributed by atoms with E-state index in [2.05, 4.69) is 12.8 Å². The largest absolute Gasteiger partial charge is 0.449 e. The van der Waals surface area contributed by atoms with Gasteiger partial charge in [0.1, 0.15) is 5.00 Å². The Balaban J connectivity index is 2.37. The molecule has 0 aliphatic heterocycles. The van der Waals surface area contributed by atoms with Crippen LogP contribution >= 0.6 is 11.3 Å². The molecule has 4 heteroatoms. The third kappa shape index (κ3) is 2.16. The van der Waals surface area contributed by atoms with Gasteiger partial charge in [-0.1, -0.05) is 12.8 Å². The molecule has 1 unspecified atom stereocenters. The van der Waals surface area contributed by atoms with Crippen molar-refractivity contribution in [3.63, 3.8) is 0 Å². The van der Waals surface area contributed by atoms with Gasteiger partial charge in [0.15, 0.2) is 6.61 Å². The molecule has 0 saturated heterocycles. The summed E-state index contributed by atoms with van der Waals surface area (Å²) in [5, 5.41) is 0.561. The number of rotatable bonds is 2. The predicted octanol–water partition coefficient (Wildman–Crippen LogP) is 2.56. The number of hydrogen-bond donors (Lipinski definition) is 1. The standard InChI is InChI=1S/C13H15NO2S/c1-3-7-16-13(15)11-10-8(2)5-4-6-9(10)17-12(11)14/h1,8H,4-7,14H2,2H3. The number of ether oxygens (including phenoxy) is 1. The normalized spacial score (nSPS) is 18.2. The predicted molar refractivity (Wildman–Crippen MR) is 69.2 cm³/mol. The van der Waals surface area contributed by atoms with Gasteiger partial charge in [0.2, 0.25) is 0 Å². The highest BCUT2D eigenvalue weighted by molar-refractivity contribution is 7.16. The van der Waals surface area contributed by atoms with Crippen LogP contribution in [0.2, 0.25) is 0 Å². The van der Waals surface area contributed by atoms with Gasteiger partial charge in [-0.15, -0.1) is 17.8 Å². The summed E-state index contributed by atoms with van der Waals surface area (Å²) in [6.45, 7) is 2.12. The molecule has 0 saturated carbocycles. The van der Waals surface area contributed by atoms with Crippen LogP contribution < -0.4 is 5.73 Å². The van der Waals surface area contributed by atoms with Crippen molar-refractivity contribution < 1.29 is 9.53 Å². The summed E-state index contributed by atoms with van der Waals surface area (Å²) in [5.41, 5.74) is 7.55. The molecule has 1 aromatic rings. The second-order valence-electron chi connectivity index (χ2n) is 4.25. The summed E-state index contributed by atoms with van der Waals surface area (Å²) in [5.74, 6) is 2.28. The minimum absolute atomic E-state index is 0.00270. The molecule has 17 heavy (non-hydrogen) atoms.